The third-order valence-corrected chi connectivity index (χ3v) is 2.94. The van der Waals surface area contributed by atoms with Crippen LogP contribution in [0.3, 0.4) is 0 Å². The largest absolute Gasteiger partial charge is 1.00 e. The van der Waals surface area contributed by atoms with E-state index in [1.165, 1.54) is 0 Å². The van der Waals surface area contributed by atoms with Gasteiger partial charge in [-0.2, -0.15) is 8.42 Å². The van der Waals surface area contributed by atoms with E-state index in [1.807, 2.05) is 0 Å². The van der Waals surface area contributed by atoms with Crippen molar-refractivity contribution < 1.29 is 102 Å². The Morgan fingerprint density at radius 2 is 1.58 bits per heavy atom. The molecule has 10 nitrogen and oxygen atoms in total. The van der Waals surface area contributed by atoms with Crippen molar-refractivity contribution in [1.82, 2.24) is 5.32 Å². The number of nitrogens with one attached hydrogen (secondary N) is 1. The van der Waals surface area contributed by atoms with Crippen molar-refractivity contribution in [1.29, 1.82) is 0 Å². The van der Waals surface area contributed by atoms with E-state index in [4.69, 9.17) is 9.66 Å². The van der Waals surface area contributed by atoms with Crippen LogP contribution in [0.5, 0.6) is 0 Å². The van der Waals surface area contributed by atoms with E-state index in [0.717, 1.165) is 5.32 Å². The number of rotatable bonds is 6. The van der Waals surface area contributed by atoms with E-state index in [2.05, 4.69) is 0 Å². The van der Waals surface area contributed by atoms with Gasteiger partial charge in [-0.3, -0.25) is 9.35 Å². The molecular weight excluding hydrogens is 308 g/mol. The third kappa shape index (κ3) is 6.51. The Hall–Kier alpha value is 0.280. The molecule has 0 radical (unpaired) electrons. The summed E-state index contributed by atoms with van der Waals surface area (Å²) in [6.07, 6.45) is -1.78. The molecule has 0 saturated heterocycles. The van der Waals surface area contributed by atoms with Crippen LogP contribution in [0, 0.1) is 0 Å². The molecule has 19 heavy (non-hydrogen) atoms. The SMILES string of the molecule is O=C([O-])CC(NC(=O)CO)(C(=O)[O-])S(=O)(=O)O.[Na+].[Na+]. The standard InChI is InChI=1S/C6H9NO9S.2Na/c8-2-3(9)7-6(5(12)13,1-4(10)11)17(14,15)16;;/h8H,1-2H2,(H,7,9)(H,10,11)(H,12,13)(H,14,15,16);;/q;2*+1/p-2. The number of hydrogen-bond donors (Lipinski definition) is 3. The molecule has 0 heterocycles. The van der Waals surface area contributed by atoms with Crippen LogP contribution < -0.4 is 74.6 Å². The fraction of sp³-hybridized carbons (Fsp3) is 0.500. The number of carbonyl (C=O) groups is 3. The number of aliphatic carboxylic acids is 2. The summed E-state index contributed by atoms with van der Waals surface area (Å²) in [4.78, 5) is 28.0. The second-order valence-corrected chi connectivity index (χ2v) is 4.49. The van der Waals surface area contributed by atoms with Crippen LogP contribution in [-0.4, -0.2) is 47.4 Å². The molecule has 0 spiro atoms. The second kappa shape index (κ2) is 9.26. The molecule has 0 bridgehead atoms. The second-order valence-electron chi connectivity index (χ2n) is 2.84. The van der Waals surface area contributed by atoms with Gasteiger partial charge < -0.3 is 30.2 Å². The van der Waals surface area contributed by atoms with Gasteiger partial charge >= 0.3 is 59.1 Å². The van der Waals surface area contributed by atoms with E-state index < -0.39 is 45.9 Å². The van der Waals surface area contributed by atoms with Gasteiger partial charge in [0.25, 0.3) is 10.1 Å². The molecule has 98 valence electrons. The van der Waals surface area contributed by atoms with Crippen molar-refractivity contribution in [3.8, 4) is 0 Å². The van der Waals surface area contributed by atoms with Crippen LogP contribution >= 0.6 is 0 Å². The molecule has 0 aliphatic carbocycles. The minimum Gasteiger partial charge on any atom is -0.550 e. The molecule has 0 saturated carbocycles. The summed E-state index contributed by atoms with van der Waals surface area (Å²) in [6.45, 7) is -1.32. The van der Waals surface area contributed by atoms with Crippen molar-refractivity contribution in [2.45, 2.75) is 11.3 Å². The first-order valence-electron chi connectivity index (χ1n) is 3.87. The maximum absolute atomic E-state index is 10.8. The van der Waals surface area contributed by atoms with Gasteiger partial charge in [-0.1, -0.05) is 0 Å². The molecule has 0 fully saturated rings. The van der Waals surface area contributed by atoms with Gasteiger partial charge in [-0.25, -0.2) is 0 Å². The molecule has 0 rings (SSSR count). The van der Waals surface area contributed by atoms with Crippen LogP contribution in [-0.2, 0) is 24.5 Å². The summed E-state index contributed by atoms with van der Waals surface area (Å²) >= 11 is 0. The number of carbonyl (C=O) groups excluding carboxylic acids is 3. The van der Waals surface area contributed by atoms with Gasteiger partial charge in [-0.15, -0.1) is 0 Å². The molecule has 0 aliphatic heterocycles. The zero-order valence-electron chi connectivity index (χ0n) is 10.1. The smallest absolute Gasteiger partial charge is 0.550 e. The van der Waals surface area contributed by atoms with Crippen molar-refractivity contribution in [3.63, 3.8) is 0 Å². The van der Waals surface area contributed by atoms with E-state index >= 15 is 0 Å². The van der Waals surface area contributed by atoms with E-state index in [9.17, 15) is 33.0 Å². The average molecular weight is 315 g/mol. The Morgan fingerprint density at radius 3 is 1.79 bits per heavy atom. The van der Waals surface area contributed by atoms with Crippen LogP contribution in [0.1, 0.15) is 6.42 Å². The zero-order chi connectivity index (χ0) is 13.9. The first-order chi connectivity index (χ1) is 7.56. The molecule has 0 aromatic heterocycles. The number of carboxylic acid groups (broad SMARTS) is 2. The monoisotopic (exact) mass is 315 g/mol. The summed E-state index contributed by atoms with van der Waals surface area (Å²) in [5.41, 5.74) is 0. The number of amides is 1. The molecule has 0 aliphatic rings. The van der Waals surface area contributed by atoms with Gasteiger partial charge in [0.05, 0.1) is 5.97 Å². The minimum atomic E-state index is -5.55. The average Bonchev–Trinajstić information content (AvgIpc) is 2.13. The maximum atomic E-state index is 10.8. The minimum absolute atomic E-state index is 0. The van der Waals surface area contributed by atoms with Crippen LogP contribution in [0.2, 0.25) is 0 Å². The normalized spacial score (nSPS) is 13.2. The van der Waals surface area contributed by atoms with Gasteiger partial charge in [0, 0.05) is 12.4 Å². The Labute approximate surface area is 151 Å². The number of aliphatic hydroxyl groups is 1. The first kappa shape index (κ1) is 24.3. The zero-order valence-corrected chi connectivity index (χ0v) is 14.9. The predicted octanol–water partition coefficient (Wildman–Crippen LogP) is -11.4. The fourth-order valence-corrected chi connectivity index (χ4v) is 1.65. The topological polar surface area (TPSA) is 184 Å². The van der Waals surface area contributed by atoms with Crippen LogP contribution in [0.15, 0.2) is 0 Å². The molecule has 0 aromatic rings. The van der Waals surface area contributed by atoms with Crippen molar-refractivity contribution in [2.75, 3.05) is 6.61 Å². The first-order valence-corrected chi connectivity index (χ1v) is 5.31. The van der Waals surface area contributed by atoms with Gasteiger partial charge in [0.2, 0.25) is 10.8 Å². The maximum Gasteiger partial charge on any atom is 1.00 e. The predicted molar refractivity (Wildman–Crippen MR) is 44.1 cm³/mol. The van der Waals surface area contributed by atoms with Crippen LogP contribution in [0.25, 0.3) is 0 Å². The Morgan fingerprint density at radius 1 is 1.16 bits per heavy atom. The van der Waals surface area contributed by atoms with Crippen molar-refractivity contribution >= 4 is 28.0 Å². The molecule has 1 amide bonds. The molecule has 1 unspecified atom stereocenters. The molecular formula is C6H7NNa2O9S. The molecule has 13 heteroatoms. The Bertz CT molecular complexity index is 450. The van der Waals surface area contributed by atoms with Crippen LogP contribution in [0.4, 0.5) is 0 Å². The van der Waals surface area contributed by atoms with Crippen molar-refractivity contribution in [2.24, 2.45) is 0 Å². The quantitative estimate of drug-likeness (QED) is 0.316. The summed E-state index contributed by atoms with van der Waals surface area (Å²) in [7, 11) is -5.55. The molecule has 1 atom stereocenters. The van der Waals surface area contributed by atoms with E-state index in [0.29, 0.717) is 0 Å². The fourth-order valence-electron chi connectivity index (χ4n) is 0.896. The van der Waals surface area contributed by atoms with Gasteiger partial charge in [0.1, 0.15) is 6.61 Å². The number of carboxylic acids is 2. The summed E-state index contributed by atoms with van der Waals surface area (Å²) in [6, 6.07) is 0. The van der Waals surface area contributed by atoms with Crippen molar-refractivity contribution in [3.05, 3.63) is 0 Å². The summed E-state index contributed by atoms with van der Waals surface area (Å²) in [5, 5.41) is 30.3. The molecule has 3 N–H and O–H groups in total. The number of hydrogen-bond acceptors (Lipinski definition) is 8. The summed E-state index contributed by atoms with van der Waals surface area (Å²) in [5.74, 6) is -6.29. The third-order valence-electron chi connectivity index (χ3n) is 1.65. The van der Waals surface area contributed by atoms with Gasteiger partial charge in [0.15, 0.2) is 0 Å². The van der Waals surface area contributed by atoms with Gasteiger partial charge in [-0.05, 0) is 0 Å². The number of aliphatic hydroxyl groups excluding tert-OH is 1. The summed E-state index contributed by atoms with van der Waals surface area (Å²) < 4.78 is 30.3. The Balaban J connectivity index is -0.00000128. The Kier molecular flexibility index (Phi) is 11.8. The molecule has 0 aromatic carbocycles. The van der Waals surface area contributed by atoms with E-state index in [1.54, 1.807) is 0 Å². The van der Waals surface area contributed by atoms with E-state index in [-0.39, 0.29) is 59.1 Å².